The lowest BCUT2D eigenvalue weighted by atomic mass is 9.82. The standard InChI is InChI=1S/C11H15NO/c1-7(6-12)11(13)10-5-8-2-3-9(10)4-8/h7-10H,2-5H2,1H3. The molecule has 0 heterocycles. The van der Waals surface area contributed by atoms with Gasteiger partial charge in [0, 0.05) is 5.92 Å². The van der Waals surface area contributed by atoms with E-state index in [0.29, 0.717) is 5.92 Å². The van der Waals surface area contributed by atoms with Gasteiger partial charge in [-0.1, -0.05) is 6.42 Å². The molecule has 13 heavy (non-hydrogen) atoms. The van der Waals surface area contributed by atoms with Gasteiger partial charge in [0.05, 0.1) is 6.07 Å². The minimum atomic E-state index is -0.385. The molecule has 2 bridgehead atoms. The third-order valence-corrected chi connectivity index (χ3v) is 3.72. The first-order chi connectivity index (χ1) is 6.22. The van der Waals surface area contributed by atoms with Gasteiger partial charge in [0.1, 0.15) is 5.92 Å². The van der Waals surface area contributed by atoms with E-state index in [1.807, 2.05) is 0 Å². The second-order valence-electron chi connectivity index (χ2n) is 4.53. The zero-order chi connectivity index (χ0) is 9.42. The number of Topliss-reactive ketones (excluding diaryl/α,β-unsaturated/α-hetero) is 1. The molecule has 0 radical (unpaired) electrons. The largest absolute Gasteiger partial charge is 0.298 e. The van der Waals surface area contributed by atoms with Crippen molar-refractivity contribution >= 4 is 5.78 Å². The van der Waals surface area contributed by atoms with Crippen LogP contribution in [0.3, 0.4) is 0 Å². The second-order valence-corrected chi connectivity index (χ2v) is 4.53. The Bertz CT molecular complexity index is 266. The van der Waals surface area contributed by atoms with Crippen molar-refractivity contribution in [2.24, 2.45) is 23.7 Å². The fourth-order valence-corrected chi connectivity index (χ4v) is 2.98. The molecule has 4 unspecified atom stereocenters. The van der Waals surface area contributed by atoms with E-state index in [0.717, 1.165) is 12.3 Å². The van der Waals surface area contributed by atoms with Gasteiger partial charge < -0.3 is 0 Å². The Balaban J connectivity index is 2.03. The smallest absolute Gasteiger partial charge is 0.153 e. The van der Waals surface area contributed by atoms with Gasteiger partial charge in [0.25, 0.3) is 0 Å². The zero-order valence-electron chi connectivity index (χ0n) is 7.99. The van der Waals surface area contributed by atoms with Crippen molar-refractivity contribution < 1.29 is 4.79 Å². The summed E-state index contributed by atoms with van der Waals surface area (Å²) in [5.41, 5.74) is 0. The highest BCUT2D eigenvalue weighted by molar-refractivity contribution is 5.85. The number of hydrogen-bond donors (Lipinski definition) is 0. The first-order valence-electron chi connectivity index (χ1n) is 5.15. The lowest BCUT2D eigenvalue weighted by Crippen LogP contribution is -2.25. The number of carbonyl (C=O) groups excluding carboxylic acids is 1. The molecule has 0 amide bonds. The molecule has 0 aromatic carbocycles. The molecule has 2 aliphatic carbocycles. The van der Waals surface area contributed by atoms with Crippen molar-refractivity contribution in [3.05, 3.63) is 0 Å². The summed E-state index contributed by atoms with van der Waals surface area (Å²) in [7, 11) is 0. The second kappa shape index (κ2) is 3.14. The average molecular weight is 177 g/mol. The molecule has 2 heteroatoms. The molecule has 2 fully saturated rings. The molecular weight excluding hydrogens is 162 g/mol. The number of fused-ring (bicyclic) bond motifs is 2. The minimum Gasteiger partial charge on any atom is -0.298 e. The summed E-state index contributed by atoms with van der Waals surface area (Å²) in [6.45, 7) is 1.73. The van der Waals surface area contributed by atoms with E-state index < -0.39 is 0 Å². The van der Waals surface area contributed by atoms with E-state index in [9.17, 15) is 4.79 Å². The van der Waals surface area contributed by atoms with Gasteiger partial charge in [-0.3, -0.25) is 4.79 Å². The molecule has 2 aliphatic rings. The van der Waals surface area contributed by atoms with E-state index in [-0.39, 0.29) is 17.6 Å². The number of nitriles is 1. The van der Waals surface area contributed by atoms with Gasteiger partial charge in [-0.05, 0) is 38.0 Å². The number of nitrogens with zero attached hydrogens (tertiary/aromatic N) is 1. The van der Waals surface area contributed by atoms with Gasteiger partial charge in [-0.25, -0.2) is 0 Å². The molecule has 2 nitrogen and oxygen atoms in total. The van der Waals surface area contributed by atoms with Gasteiger partial charge in [-0.15, -0.1) is 0 Å². The van der Waals surface area contributed by atoms with Crippen molar-refractivity contribution in [2.45, 2.75) is 32.6 Å². The van der Waals surface area contributed by atoms with Gasteiger partial charge >= 0.3 is 0 Å². The lowest BCUT2D eigenvalue weighted by Gasteiger charge is -2.20. The Labute approximate surface area is 78.9 Å². The summed E-state index contributed by atoms with van der Waals surface area (Å²) in [5, 5.41) is 8.66. The average Bonchev–Trinajstić information content (AvgIpc) is 2.76. The van der Waals surface area contributed by atoms with Crippen LogP contribution in [0.5, 0.6) is 0 Å². The van der Waals surface area contributed by atoms with E-state index in [1.165, 1.54) is 19.3 Å². The summed E-state index contributed by atoms with van der Waals surface area (Å²) < 4.78 is 0. The molecule has 0 N–H and O–H groups in total. The van der Waals surface area contributed by atoms with Crippen LogP contribution in [0.2, 0.25) is 0 Å². The van der Waals surface area contributed by atoms with E-state index >= 15 is 0 Å². The Morgan fingerprint density at radius 2 is 2.23 bits per heavy atom. The number of rotatable bonds is 2. The molecule has 70 valence electrons. The van der Waals surface area contributed by atoms with Crippen LogP contribution in [0, 0.1) is 35.0 Å². The Morgan fingerprint density at radius 3 is 2.69 bits per heavy atom. The van der Waals surface area contributed by atoms with E-state index in [4.69, 9.17) is 5.26 Å². The Kier molecular flexibility index (Phi) is 2.11. The van der Waals surface area contributed by atoms with E-state index in [2.05, 4.69) is 6.07 Å². The van der Waals surface area contributed by atoms with Crippen LogP contribution in [0.15, 0.2) is 0 Å². The van der Waals surface area contributed by atoms with Crippen LogP contribution in [0.1, 0.15) is 32.6 Å². The molecule has 4 atom stereocenters. The van der Waals surface area contributed by atoms with Crippen LogP contribution in [0.4, 0.5) is 0 Å². The fraction of sp³-hybridized carbons (Fsp3) is 0.818. The first kappa shape index (κ1) is 8.74. The summed E-state index contributed by atoms with van der Waals surface area (Å²) in [4.78, 5) is 11.7. The van der Waals surface area contributed by atoms with Crippen molar-refractivity contribution in [2.75, 3.05) is 0 Å². The Hall–Kier alpha value is -0.840. The van der Waals surface area contributed by atoms with Crippen LogP contribution in [0.25, 0.3) is 0 Å². The van der Waals surface area contributed by atoms with Crippen molar-refractivity contribution in [3.8, 4) is 6.07 Å². The highest BCUT2D eigenvalue weighted by Gasteiger charge is 2.43. The molecule has 0 aromatic heterocycles. The lowest BCUT2D eigenvalue weighted by molar-refractivity contribution is -0.126. The van der Waals surface area contributed by atoms with Crippen molar-refractivity contribution in [3.63, 3.8) is 0 Å². The maximum atomic E-state index is 11.7. The van der Waals surface area contributed by atoms with Gasteiger partial charge in [0.2, 0.25) is 0 Å². The maximum absolute atomic E-state index is 11.7. The Morgan fingerprint density at radius 1 is 1.46 bits per heavy atom. The third-order valence-electron chi connectivity index (χ3n) is 3.72. The monoisotopic (exact) mass is 177 g/mol. The maximum Gasteiger partial charge on any atom is 0.153 e. The summed E-state index contributed by atoms with van der Waals surface area (Å²) in [5.74, 6) is 1.46. The third kappa shape index (κ3) is 1.37. The predicted octanol–water partition coefficient (Wildman–Crippen LogP) is 2.15. The summed E-state index contributed by atoms with van der Waals surface area (Å²) in [6, 6.07) is 2.05. The molecule has 0 aliphatic heterocycles. The van der Waals surface area contributed by atoms with E-state index in [1.54, 1.807) is 6.92 Å². The van der Waals surface area contributed by atoms with Crippen LogP contribution in [-0.2, 0) is 4.79 Å². The topological polar surface area (TPSA) is 40.9 Å². The molecule has 2 rings (SSSR count). The zero-order valence-corrected chi connectivity index (χ0v) is 7.99. The van der Waals surface area contributed by atoms with Crippen molar-refractivity contribution in [1.29, 1.82) is 5.26 Å². The predicted molar refractivity (Wildman–Crippen MR) is 48.7 cm³/mol. The fourth-order valence-electron chi connectivity index (χ4n) is 2.98. The van der Waals surface area contributed by atoms with Crippen LogP contribution >= 0.6 is 0 Å². The van der Waals surface area contributed by atoms with Gasteiger partial charge in [-0.2, -0.15) is 5.26 Å². The highest BCUT2D eigenvalue weighted by atomic mass is 16.1. The first-order valence-corrected chi connectivity index (χ1v) is 5.15. The van der Waals surface area contributed by atoms with Gasteiger partial charge in [0.15, 0.2) is 5.78 Å². The highest BCUT2D eigenvalue weighted by Crippen LogP contribution is 2.49. The molecule has 0 saturated heterocycles. The number of hydrogen-bond acceptors (Lipinski definition) is 2. The molecule has 0 spiro atoms. The number of ketones is 1. The minimum absolute atomic E-state index is 0.203. The molecular formula is C11H15NO. The molecule has 0 aromatic rings. The SMILES string of the molecule is CC(C#N)C(=O)C1CC2CCC1C2. The summed E-state index contributed by atoms with van der Waals surface area (Å²) >= 11 is 0. The van der Waals surface area contributed by atoms with Crippen molar-refractivity contribution in [1.82, 2.24) is 0 Å². The summed E-state index contributed by atoms with van der Waals surface area (Å²) in [6.07, 6.45) is 4.85. The van der Waals surface area contributed by atoms with Crippen LogP contribution in [-0.4, -0.2) is 5.78 Å². The normalized spacial score (nSPS) is 38.6. The van der Waals surface area contributed by atoms with Crippen LogP contribution < -0.4 is 0 Å². The quantitative estimate of drug-likeness (QED) is 0.648. The number of carbonyl (C=O) groups is 1. The molecule has 2 saturated carbocycles.